The summed E-state index contributed by atoms with van der Waals surface area (Å²) in [6.07, 6.45) is 2.33. The third kappa shape index (κ3) is 3.59. The van der Waals surface area contributed by atoms with Gasteiger partial charge in [0, 0.05) is 20.2 Å². The van der Waals surface area contributed by atoms with E-state index in [9.17, 15) is 4.79 Å². The van der Waals surface area contributed by atoms with Crippen LogP contribution in [0.3, 0.4) is 0 Å². The highest BCUT2D eigenvalue weighted by Gasteiger charge is 2.27. The smallest absolute Gasteiger partial charge is 0.275 e. The molecule has 1 heterocycles. The minimum absolute atomic E-state index is 0.0185. The van der Waals surface area contributed by atoms with E-state index in [0.717, 1.165) is 12.8 Å². The molecule has 1 fully saturated rings. The molecule has 1 amide bonds. The Morgan fingerprint density at radius 2 is 2.05 bits per heavy atom. The van der Waals surface area contributed by atoms with Gasteiger partial charge >= 0.3 is 0 Å². The largest absolute Gasteiger partial charge is 0.488 e. The molecule has 0 radical (unpaired) electrons. The van der Waals surface area contributed by atoms with Crippen molar-refractivity contribution < 1.29 is 14.3 Å². The second-order valence-electron chi connectivity index (χ2n) is 5.18. The molecule has 0 spiro atoms. The molecule has 2 rings (SSSR count). The lowest BCUT2D eigenvalue weighted by Crippen LogP contribution is -2.24. The van der Waals surface area contributed by atoms with Gasteiger partial charge in [0.25, 0.3) is 5.91 Å². The third-order valence-electron chi connectivity index (χ3n) is 2.62. The van der Waals surface area contributed by atoms with Crippen LogP contribution in [0.2, 0.25) is 0 Å². The summed E-state index contributed by atoms with van der Waals surface area (Å²) in [5, 5.41) is 0. The predicted octanol–water partition coefficient (Wildman–Crippen LogP) is 2.11. The molecule has 0 aromatic carbocycles. The Morgan fingerprint density at radius 3 is 2.58 bits per heavy atom. The Balaban J connectivity index is 2.28. The fourth-order valence-electron chi connectivity index (χ4n) is 1.56. The Kier molecular flexibility index (Phi) is 3.93. The van der Waals surface area contributed by atoms with E-state index in [1.807, 2.05) is 13.8 Å². The van der Waals surface area contributed by atoms with Crippen LogP contribution < -0.4 is 9.47 Å². The lowest BCUT2D eigenvalue weighted by molar-refractivity contribution is 0.0814. The van der Waals surface area contributed by atoms with Crippen molar-refractivity contribution in [3.05, 3.63) is 17.8 Å². The average molecular weight is 264 g/mol. The number of carbonyl (C=O) groups excluding carboxylic acids is 1. The SMILES string of the molecule is CC(C)Oc1ccc(OC2CC2)c(C(=O)N(C)C)n1. The summed E-state index contributed by atoms with van der Waals surface area (Å²) in [4.78, 5) is 17.9. The first-order chi connectivity index (χ1) is 8.97. The first-order valence-electron chi connectivity index (χ1n) is 6.53. The molecule has 1 saturated carbocycles. The molecule has 19 heavy (non-hydrogen) atoms. The fraction of sp³-hybridized carbons (Fsp3) is 0.571. The summed E-state index contributed by atoms with van der Waals surface area (Å²) < 4.78 is 11.2. The van der Waals surface area contributed by atoms with E-state index in [4.69, 9.17) is 9.47 Å². The van der Waals surface area contributed by atoms with Crippen molar-refractivity contribution in [2.75, 3.05) is 14.1 Å². The molecule has 0 unspecified atom stereocenters. The standard InChI is InChI=1S/C14H20N2O3/c1-9(2)18-12-8-7-11(19-10-5-6-10)13(15-12)14(17)16(3)4/h7-10H,5-6H2,1-4H3. The number of aromatic nitrogens is 1. The van der Waals surface area contributed by atoms with Crippen molar-refractivity contribution >= 4 is 5.91 Å². The maximum atomic E-state index is 12.1. The molecule has 104 valence electrons. The Hall–Kier alpha value is -1.78. The highest BCUT2D eigenvalue weighted by Crippen LogP contribution is 2.30. The third-order valence-corrected chi connectivity index (χ3v) is 2.62. The van der Waals surface area contributed by atoms with E-state index in [1.165, 1.54) is 4.90 Å². The number of pyridine rings is 1. The summed E-state index contributed by atoms with van der Waals surface area (Å²) in [5.41, 5.74) is 0.315. The van der Waals surface area contributed by atoms with Crippen LogP contribution in [-0.4, -0.2) is 42.1 Å². The topological polar surface area (TPSA) is 51.7 Å². The average Bonchev–Trinajstić information content (AvgIpc) is 3.13. The van der Waals surface area contributed by atoms with Crippen LogP contribution in [0.5, 0.6) is 11.6 Å². The Morgan fingerprint density at radius 1 is 1.37 bits per heavy atom. The van der Waals surface area contributed by atoms with Gasteiger partial charge in [0.15, 0.2) is 11.4 Å². The molecule has 1 aliphatic carbocycles. The van der Waals surface area contributed by atoms with Crippen LogP contribution in [0, 0.1) is 0 Å². The van der Waals surface area contributed by atoms with Crippen molar-refractivity contribution in [2.45, 2.75) is 38.9 Å². The molecule has 5 heteroatoms. The zero-order chi connectivity index (χ0) is 14.0. The summed E-state index contributed by atoms with van der Waals surface area (Å²) in [5.74, 6) is 0.811. The van der Waals surface area contributed by atoms with E-state index in [0.29, 0.717) is 17.3 Å². The highest BCUT2D eigenvalue weighted by molar-refractivity contribution is 5.94. The molecule has 0 bridgehead atoms. The Labute approximate surface area is 113 Å². The van der Waals surface area contributed by atoms with Crippen LogP contribution in [0.25, 0.3) is 0 Å². The summed E-state index contributed by atoms with van der Waals surface area (Å²) in [6.45, 7) is 3.84. The van der Waals surface area contributed by atoms with Gasteiger partial charge in [-0.3, -0.25) is 4.79 Å². The quantitative estimate of drug-likeness (QED) is 0.817. The normalized spacial score (nSPS) is 14.4. The van der Waals surface area contributed by atoms with Crippen molar-refractivity contribution in [1.29, 1.82) is 0 Å². The zero-order valence-electron chi connectivity index (χ0n) is 11.8. The number of hydrogen-bond donors (Lipinski definition) is 0. The lowest BCUT2D eigenvalue weighted by Gasteiger charge is -2.16. The predicted molar refractivity (Wildman–Crippen MR) is 71.7 cm³/mol. The van der Waals surface area contributed by atoms with Gasteiger partial charge in [0.05, 0.1) is 12.2 Å². The lowest BCUT2D eigenvalue weighted by atomic mass is 10.3. The fourth-order valence-corrected chi connectivity index (χ4v) is 1.56. The molecular weight excluding hydrogens is 244 g/mol. The maximum Gasteiger partial charge on any atom is 0.275 e. The number of nitrogens with zero attached hydrogens (tertiary/aromatic N) is 2. The van der Waals surface area contributed by atoms with Crippen LogP contribution in [-0.2, 0) is 0 Å². The molecule has 1 aromatic rings. The number of amides is 1. The molecular formula is C14H20N2O3. The van der Waals surface area contributed by atoms with Gasteiger partial charge in [-0.1, -0.05) is 0 Å². The monoisotopic (exact) mass is 264 g/mol. The highest BCUT2D eigenvalue weighted by atomic mass is 16.5. The van der Waals surface area contributed by atoms with Gasteiger partial charge in [-0.05, 0) is 32.8 Å². The second-order valence-corrected chi connectivity index (χ2v) is 5.18. The van der Waals surface area contributed by atoms with Gasteiger partial charge in [-0.15, -0.1) is 0 Å². The summed E-state index contributed by atoms with van der Waals surface area (Å²) in [6, 6.07) is 3.50. The summed E-state index contributed by atoms with van der Waals surface area (Å²) >= 11 is 0. The van der Waals surface area contributed by atoms with Gasteiger partial charge in [0.1, 0.15) is 0 Å². The second kappa shape index (κ2) is 5.47. The van der Waals surface area contributed by atoms with Crippen molar-refractivity contribution in [2.24, 2.45) is 0 Å². The van der Waals surface area contributed by atoms with Crippen LogP contribution >= 0.6 is 0 Å². The van der Waals surface area contributed by atoms with E-state index >= 15 is 0 Å². The number of hydrogen-bond acceptors (Lipinski definition) is 4. The van der Waals surface area contributed by atoms with Crippen molar-refractivity contribution in [3.8, 4) is 11.6 Å². The molecule has 1 aromatic heterocycles. The maximum absolute atomic E-state index is 12.1. The van der Waals surface area contributed by atoms with Crippen LogP contribution in [0.1, 0.15) is 37.2 Å². The number of rotatable bonds is 5. The molecule has 0 N–H and O–H groups in total. The summed E-state index contributed by atoms with van der Waals surface area (Å²) in [7, 11) is 3.39. The minimum Gasteiger partial charge on any atom is -0.488 e. The molecule has 0 atom stereocenters. The minimum atomic E-state index is -0.176. The van der Waals surface area contributed by atoms with E-state index < -0.39 is 0 Å². The van der Waals surface area contributed by atoms with Gasteiger partial charge in [-0.2, -0.15) is 0 Å². The van der Waals surface area contributed by atoms with Crippen molar-refractivity contribution in [1.82, 2.24) is 9.88 Å². The zero-order valence-corrected chi connectivity index (χ0v) is 11.8. The number of ether oxygens (including phenoxy) is 2. The first kappa shape index (κ1) is 13.6. The van der Waals surface area contributed by atoms with E-state index in [-0.39, 0.29) is 18.1 Å². The molecule has 5 nitrogen and oxygen atoms in total. The van der Waals surface area contributed by atoms with Gasteiger partial charge in [0.2, 0.25) is 5.88 Å². The number of carbonyl (C=O) groups is 1. The van der Waals surface area contributed by atoms with E-state index in [2.05, 4.69) is 4.98 Å². The molecule has 0 aliphatic heterocycles. The molecule has 1 aliphatic rings. The van der Waals surface area contributed by atoms with E-state index in [1.54, 1.807) is 26.2 Å². The molecule has 0 saturated heterocycles. The van der Waals surface area contributed by atoms with Crippen molar-refractivity contribution in [3.63, 3.8) is 0 Å². The first-order valence-corrected chi connectivity index (χ1v) is 6.53. The van der Waals surface area contributed by atoms with Crippen LogP contribution in [0.4, 0.5) is 0 Å². The van der Waals surface area contributed by atoms with Gasteiger partial charge in [-0.25, -0.2) is 4.98 Å². The van der Waals surface area contributed by atoms with Gasteiger partial charge < -0.3 is 14.4 Å². The Bertz CT molecular complexity index is 468. The van der Waals surface area contributed by atoms with Crippen LogP contribution in [0.15, 0.2) is 12.1 Å².